The van der Waals surface area contributed by atoms with Gasteiger partial charge in [-0.1, -0.05) is 18.2 Å². The average molecular weight is 309 g/mol. The number of hydrogen-bond acceptors (Lipinski definition) is 3. The fraction of sp³-hybridized carbons (Fsp3) is 0.263. The Morgan fingerprint density at radius 2 is 1.87 bits per heavy atom. The number of carbonyl (C=O) groups excluding carboxylic acids is 2. The number of nitrogens with one attached hydrogen (secondary N) is 1. The predicted molar refractivity (Wildman–Crippen MR) is 88.6 cm³/mol. The number of rotatable bonds is 6. The molecule has 0 heterocycles. The van der Waals surface area contributed by atoms with E-state index in [4.69, 9.17) is 4.74 Å². The third-order valence-corrected chi connectivity index (χ3v) is 3.81. The number of amides is 1. The van der Waals surface area contributed by atoms with Crippen LogP contribution in [0.4, 0.5) is 5.69 Å². The van der Waals surface area contributed by atoms with Crippen LogP contribution >= 0.6 is 0 Å². The van der Waals surface area contributed by atoms with Crippen LogP contribution in [0, 0.1) is 5.92 Å². The van der Waals surface area contributed by atoms with Gasteiger partial charge in [0.15, 0.2) is 5.78 Å². The summed E-state index contributed by atoms with van der Waals surface area (Å²) < 4.78 is 5.72. The number of carbonyl (C=O) groups is 2. The van der Waals surface area contributed by atoms with Gasteiger partial charge in [-0.15, -0.1) is 0 Å². The Hall–Kier alpha value is -2.62. The van der Waals surface area contributed by atoms with Gasteiger partial charge in [-0.25, -0.2) is 0 Å². The van der Waals surface area contributed by atoms with Gasteiger partial charge in [0.05, 0.1) is 0 Å². The normalized spacial score (nSPS) is 13.4. The standard InChI is InChI=1S/C19H19NO3/c1-13(21)16-4-2-3-14(11-16)12-23-18-9-7-17(8-10-18)20-19(22)15-5-6-15/h2-4,7-11,15H,5-6,12H2,1H3,(H,20,22). The van der Waals surface area contributed by atoms with E-state index in [1.807, 2.05) is 42.5 Å². The van der Waals surface area contributed by atoms with Gasteiger partial charge in [0.1, 0.15) is 12.4 Å². The molecule has 1 aliphatic rings. The SMILES string of the molecule is CC(=O)c1cccc(COc2ccc(NC(=O)C3CC3)cc2)c1. The van der Waals surface area contributed by atoms with E-state index in [-0.39, 0.29) is 17.6 Å². The van der Waals surface area contributed by atoms with Crippen LogP contribution in [0.3, 0.4) is 0 Å². The molecule has 1 N–H and O–H groups in total. The molecule has 1 saturated carbocycles. The van der Waals surface area contributed by atoms with Gasteiger partial charge in [-0.05, 0) is 55.7 Å². The van der Waals surface area contributed by atoms with Crippen LogP contribution in [0.25, 0.3) is 0 Å². The molecule has 2 aromatic rings. The minimum absolute atomic E-state index is 0.0441. The van der Waals surface area contributed by atoms with E-state index in [0.717, 1.165) is 29.8 Å². The molecule has 0 aliphatic heterocycles. The van der Waals surface area contributed by atoms with E-state index in [1.165, 1.54) is 0 Å². The van der Waals surface area contributed by atoms with E-state index in [0.29, 0.717) is 12.2 Å². The summed E-state index contributed by atoms with van der Waals surface area (Å²) in [4.78, 5) is 23.1. The van der Waals surface area contributed by atoms with Crippen LogP contribution in [0.1, 0.15) is 35.7 Å². The van der Waals surface area contributed by atoms with Crippen LogP contribution in [0.15, 0.2) is 48.5 Å². The maximum absolute atomic E-state index is 11.7. The summed E-state index contributed by atoms with van der Waals surface area (Å²) in [6.07, 6.45) is 1.98. The van der Waals surface area contributed by atoms with Gasteiger partial charge in [-0.3, -0.25) is 9.59 Å². The first kappa shape index (κ1) is 15.3. The lowest BCUT2D eigenvalue weighted by molar-refractivity contribution is -0.117. The van der Waals surface area contributed by atoms with Gasteiger partial charge in [0.2, 0.25) is 5.91 Å². The summed E-state index contributed by atoms with van der Waals surface area (Å²) in [5.74, 6) is 1.06. The van der Waals surface area contributed by atoms with Crippen molar-refractivity contribution in [3.63, 3.8) is 0 Å². The topological polar surface area (TPSA) is 55.4 Å². The van der Waals surface area contributed by atoms with Crippen molar-refractivity contribution in [2.45, 2.75) is 26.4 Å². The lowest BCUT2D eigenvalue weighted by Gasteiger charge is -2.09. The number of ketones is 1. The molecule has 1 amide bonds. The second kappa shape index (κ2) is 6.65. The number of hydrogen-bond donors (Lipinski definition) is 1. The van der Waals surface area contributed by atoms with Crippen LogP contribution < -0.4 is 10.1 Å². The first-order chi connectivity index (χ1) is 11.1. The van der Waals surface area contributed by atoms with Gasteiger partial charge in [-0.2, -0.15) is 0 Å². The molecule has 3 rings (SSSR count). The Morgan fingerprint density at radius 1 is 1.13 bits per heavy atom. The van der Waals surface area contributed by atoms with Crippen LogP contribution in [0.2, 0.25) is 0 Å². The molecular formula is C19H19NO3. The second-order valence-corrected chi connectivity index (χ2v) is 5.83. The van der Waals surface area contributed by atoms with Gasteiger partial charge in [0.25, 0.3) is 0 Å². The number of benzene rings is 2. The van der Waals surface area contributed by atoms with Crippen molar-refractivity contribution >= 4 is 17.4 Å². The molecule has 1 fully saturated rings. The van der Waals surface area contributed by atoms with Gasteiger partial charge < -0.3 is 10.1 Å². The molecule has 0 radical (unpaired) electrons. The van der Waals surface area contributed by atoms with E-state index in [1.54, 1.807) is 13.0 Å². The molecule has 0 atom stereocenters. The van der Waals surface area contributed by atoms with Crippen molar-refractivity contribution in [3.8, 4) is 5.75 Å². The summed E-state index contributed by atoms with van der Waals surface area (Å²) in [5, 5.41) is 2.89. The zero-order chi connectivity index (χ0) is 16.2. The Bertz CT molecular complexity index is 718. The lowest BCUT2D eigenvalue weighted by Crippen LogP contribution is -2.13. The Kier molecular flexibility index (Phi) is 4.42. The predicted octanol–water partition coefficient (Wildman–Crippen LogP) is 3.82. The first-order valence-corrected chi connectivity index (χ1v) is 7.75. The monoisotopic (exact) mass is 309 g/mol. The number of anilines is 1. The summed E-state index contributed by atoms with van der Waals surface area (Å²) in [6.45, 7) is 1.95. The van der Waals surface area contributed by atoms with E-state index >= 15 is 0 Å². The zero-order valence-electron chi connectivity index (χ0n) is 13.0. The number of ether oxygens (including phenoxy) is 1. The van der Waals surface area contributed by atoms with E-state index in [9.17, 15) is 9.59 Å². The summed E-state index contributed by atoms with van der Waals surface area (Å²) >= 11 is 0. The second-order valence-electron chi connectivity index (χ2n) is 5.83. The van der Waals surface area contributed by atoms with Crippen molar-refractivity contribution < 1.29 is 14.3 Å². The summed E-state index contributed by atoms with van der Waals surface area (Å²) in [5.41, 5.74) is 2.42. The molecule has 0 spiro atoms. The smallest absolute Gasteiger partial charge is 0.227 e. The highest BCUT2D eigenvalue weighted by molar-refractivity contribution is 5.94. The molecule has 23 heavy (non-hydrogen) atoms. The molecule has 2 aromatic carbocycles. The van der Waals surface area contributed by atoms with E-state index < -0.39 is 0 Å². The number of Topliss-reactive ketones (excluding diaryl/α,β-unsaturated/α-hetero) is 1. The largest absolute Gasteiger partial charge is 0.489 e. The highest BCUT2D eigenvalue weighted by Gasteiger charge is 2.29. The van der Waals surface area contributed by atoms with Crippen molar-refractivity contribution in [1.29, 1.82) is 0 Å². The van der Waals surface area contributed by atoms with Crippen LogP contribution in [0.5, 0.6) is 5.75 Å². The van der Waals surface area contributed by atoms with Crippen molar-refractivity contribution in [1.82, 2.24) is 0 Å². The third-order valence-electron chi connectivity index (χ3n) is 3.81. The molecule has 4 nitrogen and oxygen atoms in total. The molecule has 4 heteroatoms. The molecule has 0 aromatic heterocycles. The maximum atomic E-state index is 11.7. The van der Waals surface area contributed by atoms with Crippen molar-refractivity contribution in [2.75, 3.05) is 5.32 Å². The fourth-order valence-corrected chi connectivity index (χ4v) is 2.27. The maximum Gasteiger partial charge on any atom is 0.227 e. The zero-order valence-corrected chi connectivity index (χ0v) is 13.0. The van der Waals surface area contributed by atoms with Crippen molar-refractivity contribution in [2.24, 2.45) is 5.92 Å². The molecule has 1 aliphatic carbocycles. The summed E-state index contributed by atoms with van der Waals surface area (Å²) in [7, 11) is 0. The third kappa shape index (κ3) is 4.19. The Morgan fingerprint density at radius 3 is 2.52 bits per heavy atom. The highest BCUT2D eigenvalue weighted by atomic mass is 16.5. The summed E-state index contributed by atoms with van der Waals surface area (Å²) in [6, 6.07) is 14.7. The van der Waals surface area contributed by atoms with Gasteiger partial charge >= 0.3 is 0 Å². The van der Waals surface area contributed by atoms with Gasteiger partial charge in [0, 0.05) is 17.2 Å². The average Bonchev–Trinajstić information content (AvgIpc) is 3.39. The highest BCUT2D eigenvalue weighted by Crippen LogP contribution is 2.30. The molecule has 0 unspecified atom stereocenters. The molecule has 0 bridgehead atoms. The van der Waals surface area contributed by atoms with E-state index in [2.05, 4.69) is 5.32 Å². The quantitative estimate of drug-likeness (QED) is 0.825. The Balaban J connectivity index is 1.56. The first-order valence-electron chi connectivity index (χ1n) is 7.75. The van der Waals surface area contributed by atoms with Crippen LogP contribution in [-0.2, 0) is 11.4 Å². The lowest BCUT2D eigenvalue weighted by atomic mass is 10.1. The van der Waals surface area contributed by atoms with Crippen molar-refractivity contribution in [3.05, 3.63) is 59.7 Å². The molecule has 0 saturated heterocycles. The molecule has 118 valence electrons. The minimum atomic E-state index is 0.0441. The Labute approximate surface area is 135 Å². The fourth-order valence-electron chi connectivity index (χ4n) is 2.27. The minimum Gasteiger partial charge on any atom is -0.489 e. The van der Waals surface area contributed by atoms with Crippen LogP contribution in [-0.4, -0.2) is 11.7 Å². The molecular weight excluding hydrogens is 290 g/mol.